The molecule has 264 valence electrons. The molecule has 1 aliphatic heterocycles. The largest absolute Gasteiger partial charge is 0.478 e. The van der Waals surface area contributed by atoms with Crippen LogP contribution in [-0.2, 0) is 29.9 Å². The molecule has 0 atom stereocenters. The third-order valence-electron chi connectivity index (χ3n) is 8.86. The Morgan fingerprint density at radius 1 is 0.843 bits per heavy atom. The van der Waals surface area contributed by atoms with Crippen LogP contribution in [0.2, 0.25) is 0 Å². The fourth-order valence-corrected chi connectivity index (χ4v) is 6.25. The number of nitrogens with zero attached hydrogens (tertiary/aromatic N) is 3. The van der Waals surface area contributed by atoms with Crippen molar-refractivity contribution < 1.29 is 45.4 Å². The van der Waals surface area contributed by atoms with Crippen molar-refractivity contribution in [2.45, 2.75) is 32.1 Å². The summed E-state index contributed by atoms with van der Waals surface area (Å²) in [6, 6.07) is 19.4. The number of hydrogen-bond acceptors (Lipinski definition) is 5. The summed E-state index contributed by atoms with van der Waals surface area (Å²) in [5, 5.41) is 9.28. The van der Waals surface area contributed by atoms with Gasteiger partial charge in [0.2, 0.25) is 5.95 Å². The van der Waals surface area contributed by atoms with Gasteiger partial charge in [0.25, 0.3) is 0 Å². The molecule has 6 nitrogen and oxygen atoms in total. The Hall–Kier alpha value is -5.30. The number of benzene rings is 4. The van der Waals surface area contributed by atoms with E-state index in [1.807, 2.05) is 42.2 Å². The van der Waals surface area contributed by atoms with Crippen molar-refractivity contribution >= 4 is 11.9 Å². The van der Waals surface area contributed by atoms with Gasteiger partial charge in [-0.05, 0) is 89.0 Å². The minimum atomic E-state index is -4.84. The SMILES string of the molecule is Cc1c(Cc2cc(C(F)(F)F)cc(C(F)(F)F)c2)ccc2c1Cc1ccccc1-2.O=C(O)c1cnc(N2CCOCC2)nc1-c1ccccc1F. The first-order chi connectivity index (χ1) is 24.2. The zero-order valence-corrected chi connectivity index (χ0v) is 27.1. The maximum atomic E-state index is 14.0. The summed E-state index contributed by atoms with van der Waals surface area (Å²) in [6.45, 7) is 4.21. The predicted octanol–water partition coefficient (Wildman–Crippen LogP) is 9.01. The standard InChI is InChI=1S/C23H16F6.C15H14FN3O3/c1-13-15(6-7-20-19-5-3-2-4-16(19)11-21(13)20)8-14-9-17(22(24,25)26)12-18(10-14)23(27,28)29;16-12-4-2-1-3-10(12)13-11(14(20)21)9-17-15(18-13)19-5-7-22-8-6-19/h2-7,9-10,12H,8,11H2,1H3;1-4,9H,5-8H2,(H,20,21). The molecule has 0 bridgehead atoms. The number of rotatable bonds is 5. The van der Waals surface area contributed by atoms with Crippen molar-refractivity contribution in [3.8, 4) is 22.4 Å². The van der Waals surface area contributed by atoms with Gasteiger partial charge >= 0.3 is 18.3 Å². The molecule has 1 fully saturated rings. The van der Waals surface area contributed by atoms with E-state index in [0.717, 1.165) is 39.9 Å². The number of ether oxygens (including phenoxy) is 1. The molecule has 0 radical (unpaired) electrons. The third kappa shape index (κ3) is 7.73. The molecule has 51 heavy (non-hydrogen) atoms. The lowest BCUT2D eigenvalue weighted by Crippen LogP contribution is -2.37. The molecule has 0 amide bonds. The number of carboxylic acid groups (broad SMARTS) is 1. The van der Waals surface area contributed by atoms with Crippen LogP contribution in [0.1, 0.15) is 49.3 Å². The molecule has 7 rings (SSSR count). The number of carbonyl (C=O) groups is 1. The summed E-state index contributed by atoms with van der Waals surface area (Å²) in [5.41, 5.74) is 3.60. The van der Waals surface area contributed by atoms with Crippen LogP contribution < -0.4 is 4.90 Å². The number of aromatic nitrogens is 2. The lowest BCUT2D eigenvalue weighted by atomic mass is 9.92. The van der Waals surface area contributed by atoms with Gasteiger partial charge in [-0.15, -0.1) is 0 Å². The van der Waals surface area contributed by atoms with E-state index in [2.05, 4.69) is 9.97 Å². The molecule has 13 heteroatoms. The summed E-state index contributed by atoms with van der Waals surface area (Å²) < 4.78 is 98.0. The molecule has 1 N–H and O–H groups in total. The number of halogens is 7. The van der Waals surface area contributed by atoms with Gasteiger partial charge in [-0.25, -0.2) is 19.2 Å². The van der Waals surface area contributed by atoms with E-state index in [1.165, 1.54) is 23.9 Å². The topological polar surface area (TPSA) is 75.5 Å². The van der Waals surface area contributed by atoms with Gasteiger partial charge in [-0.2, -0.15) is 26.3 Å². The van der Waals surface area contributed by atoms with Gasteiger partial charge < -0.3 is 14.7 Å². The maximum Gasteiger partial charge on any atom is 0.416 e. The second-order valence-corrected chi connectivity index (χ2v) is 12.1. The zero-order valence-electron chi connectivity index (χ0n) is 27.1. The predicted molar refractivity (Wildman–Crippen MR) is 176 cm³/mol. The quantitative estimate of drug-likeness (QED) is 0.180. The second kappa shape index (κ2) is 14.1. The first kappa shape index (κ1) is 35.5. The van der Waals surface area contributed by atoms with Crippen molar-refractivity contribution in [3.63, 3.8) is 0 Å². The molecule has 1 aromatic heterocycles. The van der Waals surface area contributed by atoms with E-state index in [9.17, 15) is 40.6 Å². The van der Waals surface area contributed by atoms with Crippen LogP contribution in [0.25, 0.3) is 22.4 Å². The number of fused-ring (bicyclic) bond motifs is 3. The number of aromatic carboxylic acids is 1. The number of hydrogen-bond donors (Lipinski definition) is 1. The Balaban J connectivity index is 0.000000183. The van der Waals surface area contributed by atoms with E-state index in [1.54, 1.807) is 18.2 Å². The van der Waals surface area contributed by atoms with E-state index in [0.29, 0.717) is 38.7 Å². The molecule has 4 aromatic carbocycles. The average molecular weight is 710 g/mol. The van der Waals surface area contributed by atoms with Gasteiger partial charge in [0.15, 0.2) is 0 Å². The van der Waals surface area contributed by atoms with Gasteiger partial charge in [0.1, 0.15) is 11.4 Å². The number of alkyl halides is 6. The second-order valence-electron chi connectivity index (χ2n) is 12.1. The summed E-state index contributed by atoms with van der Waals surface area (Å²) in [4.78, 5) is 21.6. The normalized spacial score (nSPS) is 14.0. The van der Waals surface area contributed by atoms with Gasteiger partial charge in [-0.3, -0.25) is 0 Å². The summed E-state index contributed by atoms with van der Waals surface area (Å²) in [5.74, 6) is -1.32. The molecular weight excluding hydrogens is 679 g/mol. The van der Waals surface area contributed by atoms with Gasteiger partial charge in [0, 0.05) is 24.8 Å². The molecule has 0 unspecified atom stereocenters. The number of carboxylic acids is 1. The zero-order chi connectivity index (χ0) is 36.5. The molecule has 2 heterocycles. The van der Waals surface area contributed by atoms with Crippen molar-refractivity contribution in [2.24, 2.45) is 0 Å². The lowest BCUT2D eigenvalue weighted by molar-refractivity contribution is -0.143. The Bertz CT molecular complexity index is 2060. The minimum absolute atomic E-state index is 0.00244. The third-order valence-corrected chi connectivity index (χ3v) is 8.86. The van der Waals surface area contributed by atoms with Crippen molar-refractivity contribution in [1.29, 1.82) is 0 Å². The molecule has 1 aliphatic carbocycles. The highest BCUT2D eigenvalue weighted by Gasteiger charge is 2.37. The highest BCUT2D eigenvalue weighted by atomic mass is 19.4. The van der Waals surface area contributed by atoms with Crippen LogP contribution in [0.4, 0.5) is 36.7 Å². The van der Waals surface area contributed by atoms with Crippen LogP contribution in [-0.4, -0.2) is 47.3 Å². The van der Waals surface area contributed by atoms with Crippen molar-refractivity contribution in [2.75, 3.05) is 31.2 Å². The highest BCUT2D eigenvalue weighted by molar-refractivity contribution is 5.94. The first-order valence-electron chi connectivity index (χ1n) is 15.9. The summed E-state index contributed by atoms with van der Waals surface area (Å²) in [7, 11) is 0. The average Bonchev–Trinajstić information content (AvgIpc) is 3.49. The Morgan fingerprint density at radius 2 is 1.47 bits per heavy atom. The van der Waals surface area contributed by atoms with Crippen LogP contribution >= 0.6 is 0 Å². The fraction of sp³-hybridized carbons (Fsp3) is 0.237. The number of anilines is 1. The Labute approximate surface area is 288 Å². The molecule has 0 spiro atoms. The molecule has 1 saturated heterocycles. The summed E-state index contributed by atoms with van der Waals surface area (Å²) in [6.07, 6.45) is -7.75. The molecule has 5 aromatic rings. The van der Waals surface area contributed by atoms with E-state index in [4.69, 9.17) is 4.74 Å². The van der Waals surface area contributed by atoms with Crippen molar-refractivity contribution in [3.05, 3.63) is 135 Å². The molecule has 2 aliphatic rings. The monoisotopic (exact) mass is 709 g/mol. The molecular formula is C38H30F7N3O3. The highest BCUT2D eigenvalue weighted by Crippen LogP contribution is 2.41. The number of morpholine rings is 1. The van der Waals surface area contributed by atoms with Crippen LogP contribution in [0.3, 0.4) is 0 Å². The Morgan fingerprint density at radius 3 is 2.10 bits per heavy atom. The van der Waals surface area contributed by atoms with Gasteiger partial charge in [-0.1, -0.05) is 48.5 Å². The summed E-state index contributed by atoms with van der Waals surface area (Å²) >= 11 is 0. The minimum Gasteiger partial charge on any atom is -0.478 e. The maximum absolute atomic E-state index is 14.0. The van der Waals surface area contributed by atoms with Crippen LogP contribution in [0.15, 0.2) is 85.1 Å². The first-order valence-corrected chi connectivity index (χ1v) is 15.9. The van der Waals surface area contributed by atoms with E-state index < -0.39 is 35.3 Å². The Kier molecular flexibility index (Phi) is 9.85. The van der Waals surface area contributed by atoms with Crippen LogP contribution in [0, 0.1) is 12.7 Å². The van der Waals surface area contributed by atoms with E-state index >= 15 is 0 Å². The van der Waals surface area contributed by atoms with Crippen LogP contribution in [0.5, 0.6) is 0 Å². The van der Waals surface area contributed by atoms with Gasteiger partial charge in [0.05, 0.1) is 30.0 Å². The van der Waals surface area contributed by atoms with Crippen molar-refractivity contribution in [1.82, 2.24) is 9.97 Å². The smallest absolute Gasteiger partial charge is 0.416 e. The van der Waals surface area contributed by atoms with E-state index in [-0.39, 0.29) is 34.9 Å². The molecule has 0 saturated carbocycles. The lowest BCUT2D eigenvalue weighted by Gasteiger charge is -2.27. The fourth-order valence-electron chi connectivity index (χ4n) is 6.25.